The zero-order valence-electron chi connectivity index (χ0n) is 18.6. The average Bonchev–Trinajstić information content (AvgIpc) is 3.00. The van der Waals surface area contributed by atoms with Crippen LogP contribution in [0.3, 0.4) is 0 Å². The molecule has 0 radical (unpaired) electrons. The predicted octanol–water partition coefficient (Wildman–Crippen LogP) is -8.69. The first-order valence-corrected chi connectivity index (χ1v) is 12.5. The van der Waals surface area contributed by atoms with E-state index in [1.165, 1.54) is 18.2 Å². The zero-order chi connectivity index (χ0) is 24.4. The summed E-state index contributed by atoms with van der Waals surface area (Å²) in [6.45, 7) is -1.41. The van der Waals surface area contributed by atoms with Crippen molar-refractivity contribution in [1.29, 1.82) is 0 Å². The molecular weight excluding hydrogens is 534 g/mol. The fourth-order valence-corrected chi connectivity index (χ4v) is 5.54. The van der Waals surface area contributed by atoms with Gasteiger partial charge in [-0.15, -0.1) is 0 Å². The van der Waals surface area contributed by atoms with E-state index in [0.29, 0.717) is 0 Å². The molecule has 0 aromatic carbocycles. The number of H-pyrrole nitrogens is 1. The van der Waals surface area contributed by atoms with Crippen molar-refractivity contribution in [2.45, 2.75) is 37.3 Å². The smallest absolute Gasteiger partial charge is 0.778 e. The second-order valence-electron chi connectivity index (χ2n) is 6.94. The van der Waals surface area contributed by atoms with Gasteiger partial charge in [0.1, 0.15) is 25.9 Å². The molecular formula is C16H19N3Na2O12P2. The number of nitrogens with zero attached hydrogens (tertiary/aromatic N) is 2. The topological polar surface area (TPSA) is 236 Å². The summed E-state index contributed by atoms with van der Waals surface area (Å²) in [4.78, 5) is 52.8. The van der Waals surface area contributed by atoms with Crippen LogP contribution in [0.25, 0.3) is 0 Å². The second-order valence-corrected chi connectivity index (χ2v) is 10.3. The van der Waals surface area contributed by atoms with Crippen LogP contribution in [0.5, 0.6) is 0 Å². The Morgan fingerprint density at radius 1 is 1.11 bits per heavy atom. The molecule has 6 atom stereocenters. The number of pyridine rings is 1. The number of hydrogen-bond acceptors (Lipinski definition) is 13. The van der Waals surface area contributed by atoms with Gasteiger partial charge < -0.3 is 38.9 Å². The number of aromatic nitrogens is 3. The molecule has 15 nitrogen and oxygen atoms in total. The van der Waals surface area contributed by atoms with Crippen LogP contribution < -0.4 is 80.2 Å². The number of nitrogens with one attached hydrogen (secondary N) is 1. The molecule has 1 fully saturated rings. The molecule has 1 saturated heterocycles. The molecule has 0 aliphatic carbocycles. The van der Waals surface area contributed by atoms with E-state index in [-0.39, 0.29) is 70.5 Å². The monoisotopic (exact) mass is 553 g/mol. The largest absolute Gasteiger partial charge is 1.00 e. The Balaban J connectivity index is 0.00000306. The first-order valence-electron chi connectivity index (χ1n) is 9.26. The molecule has 3 heterocycles. The number of rotatable bonds is 9. The minimum atomic E-state index is -5.47. The summed E-state index contributed by atoms with van der Waals surface area (Å²) in [5.41, 5.74) is -1.58. The van der Waals surface area contributed by atoms with Gasteiger partial charge in [-0.25, -0.2) is 4.79 Å². The van der Waals surface area contributed by atoms with E-state index >= 15 is 0 Å². The van der Waals surface area contributed by atoms with Gasteiger partial charge >= 0.3 is 64.8 Å². The molecule has 0 amide bonds. The molecule has 2 aromatic rings. The van der Waals surface area contributed by atoms with Crippen molar-refractivity contribution in [1.82, 2.24) is 14.5 Å². The molecule has 1 aliphatic heterocycles. The number of phosphoric acid groups is 1. The van der Waals surface area contributed by atoms with E-state index in [4.69, 9.17) is 9.84 Å². The van der Waals surface area contributed by atoms with Crippen LogP contribution in [0.4, 0.5) is 0 Å². The molecule has 35 heavy (non-hydrogen) atoms. The van der Waals surface area contributed by atoms with E-state index in [2.05, 4.69) is 13.8 Å². The number of phosphoric ester groups is 1. The van der Waals surface area contributed by atoms with Crippen LogP contribution in [0.2, 0.25) is 0 Å². The quantitative estimate of drug-likeness (QED) is 0.167. The van der Waals surface area contributed by atoms with Crippen LogP contribution >= 0.6 is 15.4 Å². The molecule has 0 saturated carbocycles. The zero-order valence-corrected chi connectivity index (χ0v) is 24.4. The summed E-state index contributed by atoms with van der Waals surface area (Å²) < 4.78 is 38.8. The summed E-state index contributed by atoms with van der Waals surface area (Å²) in [5.74, 6) is 0. The summed E-state index contributed by atoms with van der Waals surface area (Å²) in [6.07, 6.45) is -6.32. The van der Waals surface area contributed by atoms with Gasteiger partial charge in [-0.05, 0) is 12.1 Å². The maximum absolute atomic E-state index is 12.1. The minimum absolute atomic E-state index is 0. The predicted molar refractivity (Wildman–Crippen MR) is 103 cm³/mol. The van der Waals surface area contributed by atoms with Crippen LogP contribution in [0, 0.1) is 0 Å². The van der Waals surface area contributed by atoms with Gasteiger partial charge in [0, 0.05) is 18.0 Å². The van der Waals surface area contributed by atoms with E-state index in [1.807, 2.05) is 4.98 Å². The molecule has 2 aromatic heterocycles. The third kappa shape index (κ3) is 9.04. The fraction of sp³-hybridized carbons (Fsp3) is 0.438. The Kier molecular flexibility index (Phi) is 12.9. The van der Waals surface area contributed by atoms with E-state index in [9.17, 15) is 38.7 Å². The van der Waals surface area contributed by atoms with Crippen LogP contribution in [0.15, 0.2) is 40.1 Å². The van der Waals surface area contributed by atoms with Gasteiger partial charge in [0.15, 0.2) is 6.23 Å². The Morgan fingerprint density at radius 3 is 2.40 bits per heavy atom. The Bertz CT molecular complexity index is 1210. The third-order valence-corrected chi connectivity index (χ3v) is 7.44. The van der Waals surface area contributed by atoms with Crippen molar-refractivity contribution < 1.29 is 107 Å². The molecule has 0 bridgehead atoms. The summed E-state index contributed by atoms with van der Waals surface area (Å²) in [6, 6.07) is 5.09. The van der Waals surface area contributed by atoms with Gasteiger partial charge in [-0.2, -0.15) is 0 Å². The number of hydrogen-bond donors (Lipinski definition) is 4. The van der Waals surface area contributed by atoms with Crippen molar-refractivity contribution in [3.63, 3.8) is 0 Å². The average molecular weight is 553 g/mol. The molecule has 1 aliphatic rings. The van der Waals surface area contributed by atoms with Gasteiger partial charge in [-0.3, -0.25) is 28.2 Å². The Labute approximate surface area is 241 Å². The number of aliphatic hydroxyl groups is 3. The van der Waals surface area contributed by atoms with Gasteiger partial charge in [0.05, 0.1) is 25.1 Å². The van der Waals surface area contributed by atoms with Crippen LogP contribution in [0.1, 0.15) is 17.6 Å². The molecule has 4 N–H and O–H groups in total. The molecule has 0 spiro atoms. The van der Waals surface area contributed by atoms with E-state index in [1.54, 1.807) is 0 Å². The second kappa shape index (κ2) is 13.7. The summed E-state index contributed by atoms with van der Waals surface area (Å²) in [7, 11) is -10.5. The first-order chi connectivity index (χ1) is 15.4. The maximum Gasteiger partial charge on any atom is 1.00 e. The molecule has 3 rings (SSSR count). The first kappa shape index (κ1) is 33.0. The van der Waals surface area contributed by atoms with Crippen LogP contribution in [-0.4, -0.2) is 54.8 Å². The van der Waals surface area contributed by atoms with Gasteiger partial charge in [0.2, 0.25) is 0 Å². The summed E-state index contributed by atoms with van der Waals surface area (Å²) >= 11 is 0. The Morgan fingerprint density at radius 2 is 1.77 bits per heavy atom. The fourth-order valence-electron chi connectivity index (χ4n) is 3.00. The number of aromatic amines is 1. The van der Waals surface area contributed by atoms with E-state index < -0.39 is 70.6 Å². The minimum Gasteiger partial charge on any atom is -0.778 e. The SMILES string of the molecule is O=c1ccn([C@@H]2O[C@H](COP(=O)([O-])OP(=O)([O-])Cc3cccc(CO)n3)[C@@H](O)[C@H]2O)c(=O)[nH]1.[Na+].[Na+]. The van der Waals surface area contributed by atoms with Crippen molar-refractivity contribution in [3.8, 4) is 0 Å². The van der Waals surface area contributed by atoms with Crippen molar-refractivity contribution >= 4 is 15.4 Å². The standard InChI is InChI=1S/C16H21N3O12P2.2Na/c20-6-9-2-1-3-10(17-9)8-32(25,26)31-33(27,28)29-7-11-13(22)14(23)15(30-11)19-5-4-12(21)18-16(19)24;;/h1-5,11,13-15,20,22-23H,6-8H2,(H,25,26)(H,27,28)(H,18,21,24);;/q;2*+1/p-2/t11-,13-,14-,15-;;/m1../s1. The van der Waals surface area contributed by atoms with Crippen molar-refractivity contribution in [2.75, 3.05) is 6.61 Å². The molecule has 182 valence electrons. The Hall–Kier alpha value is -0.0300. The normalized spacial score (nSPS) is 25.1. The van der Waals surface area contributed by atoms with Crippen LogP contribution in [-0.2, 0) is 35.5 Å². The number of aliphatic hydroxyl groups excluding tert-OH is 3. The van der Waals surface area contributed by atoms with Gasteiger partial charge in [0.25, 0.3) is 13.4 Å². The van der Waals surface area contributed by atoms with E-state index in [0.717, 1.165) is 16.8 Å². The molecule has 2 unspecified atom stereocenters. The number of ether oxygens (including phenoxy) is 1. The summed E-state index contributed by atoms with van der Waals surface area (Å²) in [5, 5.41) is 29.2. The van der Waals surface area contributed by atoms with Gasteiger partial charge in [-0.1, -0.05) is 6.07 Å². The molecule has 19 heteroatoms. The maximum atomic E-state index is 12.1. The van der Waals surface area contributed by atoms with Crippen molar-refractivity contribution in [2.24, 2.45) is 0 Å². The van der Waals surface area contributed by atoms with Crippen molar-refractivity contribution in [3.05, 3.63) is 62.7 Å². The third-order valence-electron chi connectivity index (χ3n) is 4.47.